The molecule has 2 aliphatic carbocycles. The van der Waals surface area contributed by atoms with Gasteiger partial charge >= 0.3 is 12.1 Å². The zero-order valence-electron chi connectivity index (χ0n) is 14.5. The minimum Gasteiger partial charge on any atom is -0.481 e. The number of carbonyl (C=O) groups excluding carboxylic acids is 1. The van der Waals surface area contributed by atoms with Crippen molar-refractivity contribution in [1.82, 2.24) is 5.32 Å². The molecule has 3 rings (SSSR count). The molecule has 5 heteroatoms. The SMILES string of the molecule is CC(C)(C)OC(=O)N[C@@]1(Cc2ccc(C3CC3)cc2)CC1C(=O)O. The minimum atomic E-state index is -0.874. The molecule has 0 bridgehead atoms. The number of carbonyl (C=O) groups is 2. The summed E-state index contributed by atoms with van der Waals surface area (Å²) in [5.74, 6) is -0.741. The van der Waals surface area contributed by atoms with E-state index in [0.29, 0.717) is 18.8 Å². The summed E-state index contributed by atoms with van der Waals surface area (Å²) >= 11 is 0. The number of aliphatic carboxylic acids is 1. The van der Waals surface area contributed by atoms with E-state index in [-0.39, 0.29) is 0 Å². The molecular formula is C19H25NO4. The highest BCUT2D eigenvalue weighted by molar-refractivity contribution is 5.79. The molecule has 130 valence electrons. The Morgan fingerprint density at radius 2 is 1.88 bits per heavy atom. The number of hydrogen-bond donors (Lipinski definition) is 2. The van der Waals surface area contributed by atoms with E-state index in [1.54, 1.807) is 20.8 Å². The molecule has 0 saturated heterocycles. The molecule has 1 aromatic carbocycles. The predicted molar refractivity (Wildman–Crippen MR) is 90.0 cm³/mol. The van der Waals surface area contributed by atoms with E-state index >= 15 is 0 Å². The van der Waals surface area contributed by atoms with E-state index in [1.165, 1.54) is 18.4 Å². The third-order valence-corrected chi connectivity index (χ3v) is 4.67. The minimum absolute atomic E-state index is 0.436. The van der Waals surface area contributed by atoms with E-state index < -0.39 is 29.1 Å². The number of benzene rings is 1. The number of nitrogens with one attached hydrogen (secondary N) is 1. The van der Waals surface area contributed by atoms with Gasteiger partial charge in [0.2, 0.25) is 0 Å². The molecule has 5 nitrogen and oxygen atoms in total. The molecule has 0 heterocycles. The lowest BCUT2D eigenvalue weighted by molar-refractivity contribution is -0.139. The summed E-state index contributed by atoms with van der Waals surface area (Å²) in [7, 11) is 0. The number of alkyl carbamates (subject to hydrolysis) is 1. The van der Waals surface area contributed by atoms with E-state index in [2.05, 4.69) is 17.4 Å². The molecule has 2 N–H and O–H groups in total. The third kappa shape index (κ3) is 3.89. The van der Waals surface area contributed by atoms with Crippen molar-refractivity contribution in [2.75, 3.05) is 0 Å². The number of amides is 1. The maximum Gasteiger partial charge on any atom is 0.408 e. The third-order valence-electron chi connectivity index (χ3n) is 4.67. The fourth-order valence-electron chi connectivity index (χ4n) is 3.20. The van der Waals surface area contributed by atoms with Crippen LogP contribution in [0.4, 0.5) is 4.79 Å². The van der Waals surface area contributed by atoms with Crippen molar-refractivity contribution in [3.63, 3.8) is 0 Å². The Bertz CT molecular complexity index is 642. The highest BCUT2D eigenvalue weighted by atomic mass is 16.6. The topological polar surface area (TPSA) is 75.6 Å². The van der Waals surface area contributed by atoms with E-state index in [1.807, 2.05) is 12.1 Å². The second-order valence-electron chi connectivity index (χ2n) is 8.07. The average molecular weight is 331 g/mol. The number of rotatable bonds is 5. The Balaban J connectivity index is 1.69. The predicted octanol–water partition coefficient (Wildman–Crippen LogP) is 3.47. The number of hydrogen-bond acceptors (Lipinski definition) is 3. The lowest BCUT2D eigenvalue weighted by Gasteiger charge is -2.24. The maximum absolute atomic E-state index is 12.1. The molecule has 0 aliphatic heterocycles. The molecule has 0 radical (unpaired) electrons. The van der Waals surface area contributed by atoms with E-state index in [4.69, 9.17) is 4.74 Å². The van der Waals surface area contributed by atoms with Crippen LogP contribution in [-0.4, -0.2) is 28.3 Å². The molecule has 2 atom stereocenters. The van der Waals surface area contributed by atoms with Crippen molar-refractivity contribution in [1.29, 1.82) is 0 Å². The first-order valence-electron chi connectivity index (χ1n) is 8.51. The Kier molecular flexibility index (Phi) is 4.06. The van der Waals surface area contributed by atoms with Gasteiger partial charge in [0.15, 0.2) is 0 Å². The summed E-state index contributed by atoms with van der Waals surface area (Å²) in [6.07, 6.45) is 2.90. The summed E-state index contributed by atoms with van der Waals surface area (Å²) in [5, 5.41) is 12.2. The van der Waals surface area contributed by atoms with Gasteiger partial charge in [-0.3, -0.25) is 4.79 Å². The standard InChI is InChI=1S/C19H25NO4/c1-18(2,3)24-17(23)20-19(11-15(19)16(21)22)10-12-4-6-13(7-5-12)14-8-9-14/h4-7,14-15H,8-11H2,1-3H3,(H,20,23)(H,21,22)/t15?,19-/m0/s1. The van der Waals surface area contributed by atoms with Crippen molar-refractivity contribution >= 4 is 12.1 Å². The van der Waals surface area contributed by atoms with Crippen LogP contribution < -0.4 is 5.32 Å². The lowest BCUT2D eigenvalue weighted by Crippen LogP contribution is -2.44. The van der Waals surface area contributed by atoms with Gasteiger partial charge in [-0.1, -0.05) is 24.3 Å². The van der Waals surface area contributed by atoms with Gasteiger partial charge in [-0.25, -0.2) is 4.79 Å². The van der Waals surface area contributed by atoms with Gasteiger partial charge in [0.05, 0.1) is 11.5 Å². The molecule has 0 spiro atoms. The highest BCUT2D eigenvalue weighted by Gasteiger charge is 2.60. The first kappa shape index (κ1) is 16.8. The van der Waals surface area contributed by atoms with Crippen molar-refractivity contribution < 1.29 is 19.4 Å². The fraction of sp³-hybridized carbons (Fsp3) is 0.579. The van der Waals surface area contributed by atoms with Crippen LogP contribution in [0.25, 0.3) is 0 Å². The van der Waals surface area contributed by atoms with Crippen LogP contribution in [0.5, 0.6) is 0 Å². The van der Waals surface area contributed by atoms with Gasteiger partial charge in [0.25, 0.3) is 0 Å². The van der Waals surface area contributed by atoms with Crippen LogP contribution in [0.1, 0.15) is 57.1 Å². The second-order valence-corrected chi connectivity index (χ2v) is 8.07. The molecule has 1 aromatic rings. The summed E-state index contributed by atoms with van der Waals surface area (Å²) < 4.78 is 5.30. The maximum atomic E-state index is 12.1. The molecule has 1 amide bonds. The zero-order valence-corrected chi connectivity index (χ0v) is 14.5. The molecule has 2 saturated carbocycles. The van der Waals surface area contributed by atoms with E-state index in [0.717, 1.165) is 5.56 Å². The number of carboxylic acid groups (broad SMARTS) is 1. The molecule has 24 heavy (non-hydrogen) atoms. The van der Waals surface area contributed by atoms with Gasteiger partial charge in [-0.05, 0) is 63.5 Å². The second kappa shape index (κ2) is 5.80. The largest absolute Gasteiger partial charge is 0.481 e. The first-order valence-corrected chi connectivity index (χ1v) is 8.51. The number of ether oxygens (including phenoxy) is 1. The van der Waals surface area contributed by atoms with Crippen LogP contribution in [0.2, 0.25) is 0 Å². The molecule has 0 aromatic heterocycles. The summed E-state index contributed by atoms with van der Waals surface area (Å²) in [4.78, 5) is 23.5. The quantitative estimate of drug-likeness (QED) is 0.866. The molecular weight excluding hydrogens is 306 g/mol. The van der Waals surface area contributed by atoms with Crippen molar-refractivity contribution in [2.45, 2.75) is 63.5 Å². The van der Waals surface area contributed by atoms with Crippen LogP contribution in [0.15, 0.2) is 24.3 Å². The summed E-state index contributed by atoms with van der Waals surface area (Å²) in [6, 6.07) is 8.32. The number of carboxylic acids is 1. The summed E-state index contributed by atoms with van der Waals surface area (Å²) in [5.41, 5.74) is 1.04. The van der Waals surface area contributed by atoms with Crippen LogP contribution in [0.3, 0.4) is 0 Å². The first-order chi connectivity index (χ1) is 11.2. The van der Waals surface area contributed by atoms with Crippen LogP contribution in [-0.2, 0) is 16.0 Å². The van der Waals surface area contributed by atoms with Gasteiger partial charge in [0.1, 0.15) is 5.60 Å². The average Bonchev–Trinajstić information content (AvgIpc) is 3.32. The van der Waals surface area contributed by atoms with Gasteiger partial charge in [0, 0.05) is 0 Å². The fourth-order valence-corrected chi connectivity index (χ4v) is 3.20. The van der Waals surface area contributed by atoms with Crippen molar-refractivity contribution in [3.8, 4) is 0 Å². The normalized spacial score (nSPS) is 25.9. The van der Waals surface area contributed by atoms with Crippen LogP contribution >= 0.6 is 0 Å². The van der Waals surface area contributed by atoms with E-state index in [9.17, 15) is 14.7 Å². The molecule has 1 unspecified atom stereocenters. The zero-order chi connectivity index (χ0) is 17.5. The lowest BCUT2D eigenvalue weighted by atomic mass is 9.99. The van der Waals surface area contributed by atoms with Crippen molar-refractivity contribution in [3.05, 3.63) is 35.4 Å². The summed E-state index contributed by atoms with van der Waals surface area (Å²) in [6.45, 7) is 5.37. The molecule has 2 aliphatic rings. The monoisotopic (exact) mass is 331 g/mol. The van der Waals surface area contributed by atoms with Gasteiger partial charge in [-0.2, -0.15) is 0 Å². The highest BCUT2D eigenvalue weighted by Crippen LogP contribution is 2.47. The van der Waals surface area contributed by atoms with Crippen LogP contribution in [0, 0.1) is 5.92 Å². The Hall–Kier alpha value is -2.04. The molecule has 2 fully saturated rings. The van der Waals surface area contributed by atoms with Crippen molar-refractivity contribution in [2.24, 2.45) is 5.92 Å². The Morgan fingerprint density at radius 1 is 1.25 bits per heavy atom. The van der Waals surface area contributed by atoms with Gasteiger partial charge in [-0.15, -0.1) is 0 Å². The van der Waals surface area contributed by atoms with Gasteiger partial charge < -0.3 is 15.2 Å². The Morgan fingerprint density at radius 3 is 2.33 bits per heavy atom. The smallest absolute Gasteiger partial charge is 0.408 e. The Labute approximate surface area is 142 Å².